The van der Waals surface area contributed by atoms with Crippen molar-refractivity contribution < 1.29 is 35.1 Å². The highest BCUT2D eigenvalue weighted by atomic mass is 19.2. The second kappa shape index (κ2) is 7.94. The Hall–Kier alpha value is -1.38. The van der Waals surface area contributed by atoms with E-state index in [1.807, 2.05) is 0 Å². The monoisotopic (exact) mass is 349 g/mol. The molecule has 0 aliphatic heterocycles. The number of halogens is 8. The maximum atomic E-state index is 13.8. The fourth-order valence-electron chi connectivity index (χ4n) is 1.94. The Kier molecular flexibility index (Phi) is 6.79. The van der Waals surface area contributed by atoms with Gasteiger partial charge in [0.2, 0.25) is 0 Å². The molecular weight excluding hydrogens is 334 g/mol. The van der Waals surface area contributed by atoms with E-state index in [-0.39, 0.29) is 6.07 Å². The van der Waals surface area contributed by atoms with Crippen LogP contribution >= 0.6 is 0 Å². The van der Waals surface area contributed by atoms with Gasteiger partial charge in [-0.1, -0.05) is 0 Å². The highest BCUT2D eigenvalue weighted by Gasteiger charge is 2.33. The summed E-state index contributed by atoms with van der Waals surface area (Å²) >= 11 is 0. The van der Waals surface area contributed by atoms with Crippen molar-refractivity contribution in [3.8, 4) is 0 Å². The van der Waals surface area contributed by atoms with Crippen LogP contribution in [0.5, 0.6) is 0 Å². The third kappa shape index (κ3) is 4.55. The maximum absolute atomic E-state index is 13.8. The Bertz CT molecular complexity index is 536. The molecule has 1 aromatic rings. The zero-order chi connectivity index (χ0) is 17.9. The number of rotatable bonds is 7. The Labute approximate surface area is 127 Å². The van der Waals surface area contributed by atoms with E-state index >= 15 is 0 Å². The summed E-state index contributed by atoms with van der Waals surface area (Å²) in [7, 11) is 0. The highest BCUT2D eigenvalue weighted by Crippen LogP contribution is 2.29. The van der Waals surface area contributed by atoms with Crippen molar-refractivity contribution in [3.63, 3.8) is 0 Å². The third-order valence-corrected chi connectivity index (χ3v) is 3.40. The number of alkyl halides is 4. The van der Waals surface area contributed by atoms with Crippen LogP contribution in [0, 0.1) is 23.3 Å². The molecule has 1 aromatic carbocycles. The first-order valence-corrected chi connectivity index (χ1v) is 6.72. The maximum Gasteiger partial charge on any atom is 0.197 e. The van der Waals surface area contributed by atoms with Gasteiger partial charge in [-0.3, -0.25) is 0 Å². The second-order valence-electron chi connectivity index (χ2n) is 5.15. The molecular formula is C14H15F8N. The molecule has 0 aliphatic rings. The number of hydrogen-bond acceptors (Lipinski definition) is 1. The lowest BCUT2D eigenvalue weighted by Gasteiger charge is -2.22. The number of nitrogens with two attached hydrogens (primary N) is 1. The zero-order valence-electron chi connectivity index (χ0n) is 12.0. The average molecular weight is 349 g/mol. The molecule has 5 atom stereocenters. The molecule has 0 saturated heterocycles. The van der Waals surface area contributed by atoms with Crippen LogP contribution in [-0.4, -0.2) is 24.7 Å². The van der Waals surface area contributed by atoms with Crippen LogP contribution in [0.1, 0.15) is 31.4 Å². The van der Waals surface area contributed by atoms with E-state index in [1.165, 1.54) is 0 Å². The summed E-state index contributed by atoms with van der Waals surface area (Å²) in [6.07, 6.45) is -10.4. The minimum atomic E-state index is -2.64. The van der Waals surface area contributed by atoms with Crippen molar-refractivity contribution in [2.45, 2.75) is 50.5 Å². The first-order chi connectivity index (χ1) is 10.6. The summed E-state index contributed by atoms with van der Waals surface area (Å²) in [6.45, 7) is 0.899. The standard InChI is InChI=1S/C14H15F8N/c1-5(15)7(16)2-3-8(17)12(21)14(23)6-4-9(18)11(20)13(22)10(6)19/h4-5,7-8,12,14H,2-3,23H2,1H3. The predicted molar refractivity (Wildman–Crippen MR) is 67.7 cm³/mol. The molecule has 1 nitrogen and oxygen atoms in total. The largest absolute Gasteiger partial charge is 0.321 e. The van der Waals surface area contributed by atoms with E-state index in [4.69, 9.17) is 5.73 Å². The van der Waals surface area contributed by atoms with Crippen LogP contribution in [0.25, 0.3) is 0 Å². The highest BCUT2D eigenvalue weighted by molar-refractivity contribution is 5.25. The van der Waals surface area contributed by atoms with E-state index in [0.717, 1.165) is 6.92 Å². The average Bonchev–Trinajstić information content (AvgIpc) is 2.51. The summed E-state index contributed by atoms with van der Waals surface area (Å²) in [6, 6.07) is -2.02. The lowest BCUT2D eigenvalue weighted by molar-refractivity contribution is 0.106. The molecule has 23 heavy (non-hydrogen) atoms. The molecule has 2 N–H and O–H groups in total. The minimum absolute atomic E-state index is 0.124. The summed E-state index contributed by atoms with van der Waals surface area (Å²) in [5.74, 6) is -8.06. The quantitative estimate of drug-likeness (QED) is 0.441. The van der Waals surface area contributed by atoms with Crippen LogP contribution in [0.15, 0.2) is 6.07 Å². The molecule has 0 saturated carbocycles. The fraction of sp³-hybridized carbons (Fsp3) is 0.571. The molecule has 1 rings (SSSR count). The van der Waals surface area contributed by atoms with Gasteiger partial charge in [0.05, 0.1) is 6.04 Å². The van der Waals surface area contributed by atoms with E-state index in [9.17, 15) is 35.1 Å². The third-order valence-electron chi connectivity index (χ3n) is 3.40. The van der Waals surface area contributed by atoms with E-state index in [1.54, 1.807) is 0 Å². The van der Waals surface area contributed by atoms with Crippen LogP contribution in [0.2, 0.25) is 0 Å². The van der Waals surface area contributed by atoms with Crippen LogP contribution in [0.3, 0.4) is 0 Å². The van der Waals surface area contributed by atoms with Gasteiger partial charge in [-0.15, -0.1) is 0 Å². The molecule has 0 amide bonds. The van der Waals surface area contributed by atoms with Gasteiger partial charge in [-0.05, 0) is 25.8 Å². The van der Waals surface area contributed by atoms with Gasteiger partial charge >= 0.3 is 0 Å². The minimum Gasteiger partial charge on any atom is -0.321 e. The van der Waals surface area contributed by atoms with Crippen molar-refractivity contribution >= 4 is 0 Å². The normalized spacial score (nSPS) is 18.3. The molecule has 0 aliphatic carbocycles. The SMILES string of the molecule is CC(F)C(F)CCC(F)C(F)C(N)c1cc(F)c(F)c(F)c1F. The zero-order valence-corrected chi connectivity index (χ0v) is 12.0. The molecule has 0 bridgehead atoms. The van der Waals surface area contributed by atoms with Crippen LogP contribution in [0.4, 0.5) is 35.1 Å². The Balaban J connectivity index is 2.86. The predicted octanol–water partition coefficient (Wildman–Crippen LogP) is 4.40. The topological polar surface area (TPSA) is 26.0 Å². The van der Waals surface area contributed by atoms with Crippen LogP contribution < -0.4 is 5.73 Å². The van der Waals surface area contributed by atoms with E-state index < -0.39 is 72.4 Å². The summed E-state index contributed by atoms with van der Waals surface area (Å²) in [5, 5.41) is 0. The van der Waals surface area contributed by atoms with Gasteiger partial charge in [0, 0.05) is 5.56 Å². The molecule has 5 unspecified atom stereocenters. The van der Waals surface area contributed by atoms with Gasteiger partial charge in [0.15, 0.2) is 29.4 Å². The Morgan fingerprint density at radius 3 is 1.91 bits per heavy atom. The van der Waals surface area contributed by atoms with Crippen molar-refractivity contribution in [1.29, 1.82) is 0 Å². The second-order valence-corrected chi connectivity index (χ2v) is 5.15. The van der Waals surface area contributed by atoms with Gasteiger partial charge in [0.25, 0.3) is 0 Å². The lowest BCUT2D eigenvalue weighted by Crippen LogP contribution is -2.33. The van der Waals surface area contributed by atoms with Crippen molar-refractivity contribution in [2.24, 2.45) is 5.73 Å². The van der Waals surface area contributed by atoms with Crippen molar-refractivity contribution in [2.75, 3.05) is 0 Å². The van der Waals surface area contributed by atoms with Gasteiger partial charge in [0.1, 0.15) is 18.5 Å². The van der Waals surface area contributed by atoms with E-state index in [2.05, 4.69) is 0 Å². The lowest BCUT2D eigenvalue weighted by atomic mass is 9.96. The van der Waals surface area contributed by atoms with Crippen molar-refractivity contribution in [3.05, 3.63) is 34.9 Å². The molecule has 132 valence electrons. The van der Waals surface area contributed by atoms with Gasteiger partial charge in [-0.25, -0.2) is 35.1 Å². The summed E-state index contributed by atoms with van der Waals surface area (Å²) < 4.78 is 105. The molecule has 0 radical (unpaired) electrons. The Morgan fingerprint density at radius 1 is 0.870 bits per heavy atom. The van der Waals surface area contributed by atoms with Gasteiger partial charge in [-0.2, -0.15) is 0 Å². The fourth-order valence-corrected chi connectivity index (χ4v) is 1.94. The van der Waals surface area contributed by atoms with Gasteiger partial charge < -0.3 is 5.73 Å². The van der Waals surface area contributed by atoms with Crippen molar-refractivity contribution in [1.82, 2.24) is 0 Å². The molecule has 0 aromatic heterocycles. The van der Waals surface area contributed by atoms with E-state index in [0.29, 0.717) is 0 Å². The molecule has 0 spiro atoms. The summed E-state index contributed by atoms with van der Waals surface area (Å²) in [5.41, 5.74) is 4.13. The summed E-state index contributed by atoms with van der Waals surface area (Å²) in [4.78, 5) is 0. The Morgan fingerprint density at radius 2 is 1.39 bits per heavy atom. The molecule has 0 fully saturated rings. The first-order valence-electron chi connectivity index (χ1n) is 6.72. The number of hydrogen-bond donors (Lipinski definition) is 1. The smallest absolute Gasteiger partial charge is 0.197 e. The van der Waals surface area contributed by atoms with Crippen LogP contribution in [-0.2, 0) is 0 Å². The first kappa shape index (κ1) is 19.7. The molecule has 0 heterocycles. The molecule has 9 heteroatoms. The number of benzene rings is 1.